The van der Waals surface area contributed by atoms with Crippen LogP contribution in [-0.4, -0.2) is 50.5 Å². The number of phenols is 1. The Morgan fingerprint density at radius 1 is 1.15 bits per heavy atom. The summed E-state index contributed by atoms with van der Waals surface area (Å²) >= 11 is 0. The van der Waals surface area contributed by atoms with Gasteiger partial charge in [-0.25, -0.2) is 0 Å². The van der Waals surface area contributed by atoms with Gasteiger partial charge in [0.1, 0.15) is 17.3 Å². The molecule has 3 aromatic rings. The molecule has 0 aliphatic carbocycles. The normalized spacial score (nSPS) is 14.2. The molecule has 0 spiro atoms. The number of aromatic hydroxyl groups is 1. The van der Waals surface area contributed by atoms with Crippen molar-refractivity contribution >= 4 is 5.91 Å². The predicted molar refractivity (Wildman–Crippen MR) is 122 cm³/mol. The molecule has 174 valence electrons. The van der Waals surface area contributed by atoms with E-state index in [0.717, 1.165) is 11.3 Å². The highest BCUT2D eigenvalue weighted by atomic mass is 16.7. The number of benzene rings is 2. The zero-order valence-corrected chi connectivity index (χ0v) is 18.9. The number of hydrogen-bond acceptors (Lipinski definition) is 7. The van der Waals surface area contributed by atoms with Gasteiger partial charge in [0.2, 0.25) is 12.7 Å². The molecule has 1 aliphatic rings. The number of rotatable bonds is 9. The van der Waals surface area contributed by atoms with Crippen molar-refractivity contribution in [3.63, 3.8) is 0 Å². The summed E-state index contributed by atoms with van der Waals surface area (Å²) in [5.74, 6) is 2.03. The average molecular weight is 453 g/mol. The Bertz CT molecular complexity index is 1080. The van der Waals surface area contributed by atoms with Crippen LogP contribution < -0.4 is 19.5 Å². The average Bonchev–Trinajstić information content (AvgIpc) is 3.49. The van der Waals surface area contributed by atoms with E-state index in [-0.39, 0.29) is 30.9 Å². The summed E-state index contributed by atoms with van der Waals surface area (Å²) in [5.41, 5.74) is 1.46. The molecule has 2 atom stereocenters. The Kier molecular flexibility index (Phi) is 6.74. The first-order valence-corrected chi connectivity index (χ1v) is 10.7. The standard InChI is InChI=1S/C25H28N2O6/c1-27(2)20(22-5-4-10-31-22)14-26-25(29)12-18(16-6-8-17(30-3)9-7-16)19-11-23-24(13-21(19)28)33-15-32-23/h4-11,13,18,20,28H,12,14-15H2,1-3H3,(H,26,29). The molecule has 1 aromatic heterocycles. The molecule has 8 heteroatoms. The van der Waals surface area contributed by atoms with Gasteiger partial charge >= 0.3 is 0 Å². The van der Waals surface area contributed by atoms with E-state index in [0.29, 0.717) is 29.4 Å². The molecular formula is C25H28N2O6. The fourth-order valence-corrected chi connectivity index (χ4v) is 3.96. The lowest BCUT2D eigenvalue weighted by Crippen LogP contribution is -2.35. The van der Waals surface area contributed by atoms with Gasteiger partial charge in [-0.2, -0.15) is 0 Å². The summed E-state index contributed by atoms with van der Waals surface area (Å²) < 4.78 is 21.7. The second-order valence-corrected chi connectivity index (χ2v) is 8.09. The van der Waals surface area contributed by atoms with Gasteiger partial charge in [-0.3, -0.25) is 9.69 Å². The minimum Gasteiger partial charge on any atom is -0.508 e. The minimum atomic E-state index is -0.396. The SMILES string of the molecule is COc1ccc(C(CC(=O)NCC(c2ccco2)N(C)C)c2cc3c(cc2O)OCO3)cc1. The van der Waals surface area contributed by atoms with Crippen molar-refractivity contribution < 1.29 is 28.5 Å². The number of nitrogens with one attached hydrogen (secondary N) is 1. The van der Waals surface area contributed by atoms with E-state index in [4.69, 9.17) is 18.6 Å². The van der Waals surface area contributed by atoms with Crippen LogP contribution in [0.5, 0.6) is 23.0 Å². The topological polar surface area (TPSA) is 93.4 Å². The second kappa shape index (κ2) is 9.87. The lowest BCUT2D eigenvalue weighted by molar-refractivity contribution is -0.121. The Morgan fingerprint density at radius 3 is 2.52 bits per heavy atom. The Labute approximate surface area is 192 Å². The highest BCUT2D eigenvalue weighted by molar-refractivity contribution is 5.78. The summed E-state index contributed by atoms with van der Waals surface area (Å²) in [4.78, 5) is 15.0. The molecule has 0 bridgehead atoms. The van der Waals surface area contributed by atoms with E-state index in [9.17, 15) is 9.90 Å². The third-order valence-electron chi connectivity index (χ3n) is 5.79. The summed E-state index contributed by atoms with van der Waals surface area (Å²) in [5, 5.41) is 13.7. The number of methoxy groups -OCH3 is 1. The maximum atomic E-state index is 13.0. The van der Waals surface area contributed by atoms with Crippen LogP contribution in [0.2, 0.25) is 0 Å². The van der Waals surface area contributed by atoms with Gasteiger partial charge in [-0.1, -0.05) is 12.1 Å². The van der Waals surface area contributed by atoms with Crippen LogP contribution in [0.15, 0.2) is 59.2 Å². The molecule has 2 heterocycles. The van der Waals surface area contributed by atoms with Gasteiger partial charge in [0.15, 0.2) is 11.5 Å². The first-order valence-electron chi connectivity index (χ1n) is 10.7. The maximum Gasteiger partial charge on any atom is 0.231 e. The zero-order valence-electron chi connectivity index (χ0n) is 18.9. The number of hydrogen-bond donors (Lipinski definition) is 2. The lowest BCUT2D eigenvalue weighted by Gasteiger charge is -2.24. The number of likely N-dealkylation sites (N-methyl/N-ethyl adjacent to an activating group) is 1. The monoisotopic (exact) mass is 452 g/mol. The van der Waals surface area contributed by atoms with Crippen molar-refractivity contribution in [3.05, 3.63) is 71.7 Å². The van der Waals surface area contributed by atoms with Crippen molar-refractivity contribution in [2.45, 2.75) is 18.4 Å². The summed E-state index contributed by atoms with van der Waals surface area (Å²) in [6.07, 6.45) is 1.76. The van der Waals surface area contributed by atoms with E-state index in [1.807, 2.05) is 55.4 Å². The van der Waals surface area contributed by atoms with Crippen LogP contribution in [0.25, 0.3) is 0 Å². The fraction of sp³-hybridized carbons (Fsp3) is 0.320. The van der Waals surface area contributed by atoms with Gasteiger partial charge in [0, 0.05) is 30.5 Å². The number of phenolic OH excluding ortho intramolecular Hbond substituents is 1. The molecule has 4 rings (SSSR count). The number of furan rings is 1. The van der Waals surface area contributed by atoms with Crippen molar-refractivity contribution in [2.75, 3.05) is 34.5 Å². The van der Waals surface area contributed by atoms with Gasteiger partial charge in [0.05, 0.1) is 19.4 Å². The zero-order chi connectivity index (χ0) is 23.4. The molecule has 2 N–H and O–H groups in total. The third-order valence-corrected chi connectivity index (χ3v) is 5.79. The smallest absolute Gasteiger partial charge is 0.231 e. The Morgan fingerprint density at radius 2 is 1.88 bits per heavy atom. The number of carbonyl (C=O) groups excluding carboxylic acids is 1. The molecule has 0 saturated carbocycles. The van der Waals surface area contributed by atoms with E-state index >= 15 is 0 Å². The first kappa shape index (κ1) is 22.5. The molecule has 0 saturated heterocycles. The quantitative estimate of drug-likeness (QED) is 0.512. The molecule has 0 fully saturated rings. The highest BCUT2D eigenvalue weighted by Crippen LogP contribution is 2.43. The van der Waals surface area contributed by atoms with Gasteiger partial charge < -0.3 is 29.1 Å². The number of ether oxygens (including phenoxy) is 3. The Balaban J connectivity index is 1.56. The van der Waals surface area contributed by atoms with Crippen LogP contribution in [0.4, 0.5) is 0 Å². The molecular weight excluding hydrogens is 424 g/mol. The summed E-state index contributed by atoms with van der Waals surface area (Å²) in [6, 6.07) is 14.4. The lowest BCUT2D eigenvalue weighted by atomic mass is 9.87. The molecule has 2 aromatic carbocycles. The largest absolute Gasteiger partial charge is 0.508 e. The fourth-order valence-electron chi connectivity index (χ4n) is 3.96. The summed E-state index contributed by atoms with van der Waals surface area (Å²) in [6.45, 7) is 0.492. The maximum absolute atomic E-state index is 13.0. The number of fused-ring (bicyclic) bond motifs is 1. The molecule has 1 amide bonds. The van der Waals surface area contributed by atoms with Crippen LogP contribution in [-0.2, 0) is 4.79 Å². The molecule has 1 aliphatic heterocycles. The van der Waals surface area contributed by atoms with Crippen LogP contribution >= 0.6 is 0 Å². The number of amides is 1. The van der Waals surface area contributed by atoms with Gasteiger partial charge in [0.25, 0.3) is 0 Å². The van der Waals surface area contributed by atoms with Crippen molar-refractivity contribution in [1.82, 2.24) is 10.2 Å². The van der Waals surface area contributed by atoms with Crippen LogP contribution in [0.3, 0.4) is 0 Å². The van der Waals surface area contributed by atoms with Crippen LogP contribution in [0, 0.1) is 0 Å². The number of carbonyl (C=O) groups is 1. The van der Waals surface area contributed by atoms with E-state index < -0.39 is 5.92 Å². The van der Waals surface area contributed by atoms with Gasteiger partial charge in [-0.15, -0.1) is 0 Å². The van der Waals surface area contributed by atoms with E-state index in [1.54, 1.807) is 19.4 Å². The molecule has 2 unspecified atom stereocenters. The van der Waals surface area contributed by atoms with E-state index in [2.05, 4.69) is 5.32 Å². The summed E-state index contributed by atoms with van der Waals surface area (Å²) in [7, 11) is 5.47. The predicted octanol–water partition coefficient (Wildman–Crippen LogP) is 3.66. The number of nitrogens with zero attached hydrogens (tertiary/aromatic N) is 1. The third kappa shape index (κ3) is 5.06. The van der Waals surface area contributed by atoms with Crippen molar-refractivity contribution in [3.8, 4) is 23.0 Å². The van der Waals surface area contributed by atoms with E-state index in [1.165, 1.54) is 6.07 Å². The molecule has 0 radical (unpaired) electrons. The van der Waals surface area contributed by atoms with Gasteiger partial charge in [-0.05, 0) is 50.0 Å². The molecule has 33 heavy (non-hydrogen) atoms. The first-order chi connectivity index (χ1) is 16.0. The molecule has 8 nitrogen and oxygen atoms in total. The van der Waals surface area contributed by atoms with Crippen molar-refractivity contribution in [2.24, 2.45) is 0 Å². The second-order valence-electron chi connectivity index (χ2n) is 8.09. The van der Waals surface area contributed by atoms with Crippen LogP contribution in [0.1, 0.15) is 35.3 Å². The highest BCUT2D eigenvalue weighted by Gasteiger charge is 2.26. The Hall–Kier alpha value is -3.65. The van der Waals surface area contributed by atoms with Crippen molar-refractivity contribution in [1.29, 1.82) is 0 Å². The minimum absolute atomic E-state index is 0.0506.